The first kappa shape index (κ1) is 17.8. The first-order valence-electron chi connectivity index (χ1n) is 8.44. The van der Waals surface area contributed by atoms with Crippen molar-refractivity contribution < 1.29 is 9.90 Å². The smallest absolute Gasteiger partial charge is 0.220 e. The van der Waals surface area contributed by atoms with Gasteiger partial charge in [-0.1, -0.05) is 12.1 Å². The van der Waals surface area contributed by atoms with E-state index in [0.29, 0.717) is 12.3 Å². The Hall–Kier alpha value is -1.55. The van der Waals surface area contributed by atoms with E-state index in [0.717, 1.165) is 18.4 Å². The molecule has 1 aromatic rings. The predicted molar refractivity (Wildman–Crippen MR) is 93.3 cm³/mol. The van der Waals surface area contributed by atoms with Crippen LogP contribution >= 0.6 is 0 Å². The molecule has 1 saturated heterocycles. The van der Waals surface area contributed by atoms with E-state index < -0.39 is 0 Å². The first-order chi connectivity index (χ1) is 10.6. The van der Waals surface area contributed by atoms with Crippen molar-refractivity contribution in [3.05, 3.63) is 29.8 Å². The maximum Gasteiger partial charge on any atom is 0.220 e. The van der Waals surface area contributed by atoms with Gasteiger partial charge in [0, 0.05) is 17.5 Å². The highest BCUT2D eigenvalue weighted by Gasteiger charge is 2.38. The number of phenolic OH excluding ortho intramolecular Hbond substituents is 1. The molecule has 2 rings (SSSR count). The second kappa shape index (κ2) is 6.52. The number of aromatic hydroxyl groups is 1. The van der Waals surface area contributed by atoms with Gasteiger partial charge in [0.2, 0.25) is 5.91 Å². The highest BCUT2D eigenvalue weighted by Crippen LogP contribution is 2.34. The van der Waals surface area contributed by atoms with Crippen molar-refractivity contribution in [1.82, 2.24) is 10.6 Å². The number of phenols is 1. The van der Waals surface area contributed by atoms with Gasteiger partial charge in [-0.15, -0.1) is 0 Å². The molecule has 0 bridgehead atoms. The Morgan fingerprint density at radius 1 is 1.22 bits per heavy atom. The lowest BCUT2D eigenvalue weighted by Crippen LogP contribution is -2.58. The third kappa shape index (κ3) is 5.24. The Morgan fingerprint density at radius 3 is 2.26 bits per heavy atom. The normalized spacial score (nSPS) is 21.6. The summed E-state index contributed by atoms with van der Waals surface area (Å²) < 4.78 is 0. The van der Waals surface area contributed by atoms with Crippen LogP contribution in [0, 0.1) is 5.92 Å². The van der Waals surface area contributed by atoms with Gasteiger partial charge in [0.1, 0.15) is 5.75 Å². The van der Waals surface area contributed by atoms with Crippen LogP contribution in [0.1, 0.15) is 65.5 Å². The highest BCUT2D eigenvalue weighted by molar-refractivity contribution is 5.76. The Morgan fingerprint density at radius 2 is 1.74 bits per heavy atom. The van der Waals surface area contributed by atoms with Crippen molar-refractivity contribution in [2.75, 3.05) is 0 Å². The molecule has 1 aliphatic rings. The van der Waals surface area contributed by atoms with Crippen LogP contribution in [0.2, 0.25) is 0 Å². The zero-order valence-electron chi connectivity index (χ0n) is 14.9. The molecule has 1 fully saturated rings. The molecule has 23 heavy (non-hydrogen) atoms. The lowest BCUT2D eigenvalue weighted by Gasteiger charge is -2.46. The van der Waals surface area contributed by atoms with E-state index in [1.54, 1.807) is 12.1 Å². The third-order valence-electron chi connectivity index (χ3n) is 4.52. The van der Waals surface area contributed by atoms with Crippen molar-refractivity contribution in [2.45, 2.75) is 71.0 Å². The summed E-state index contributed by atoms with van der Waals surface area (Å²) in [4.78, 5) is 12.4. The van der Waals surface area contributed by atoms with Gasteiger partial charge in [0.05, 0.1) is 6.04 Å². The zero-order chi connectivity index (χ0) is 17.3. The molecule has 4 nitrogen and oxygen atoms in total. The molecular weight excluding hydrogens is 288 g/mol. The Bertz CT molecular complexity index is 533. The number of nitrogens with one attached hydrogen (secondary N) is 2. The number of carbonyl (C=O) groups is 1. The minimum absolute atomic E-state index is 0.0502. The quantitative estimate of drug-likeness (QED) is 0.796. The van der Waals surface area contributed by atoms with E-state index >= 15 is 0 Å². The van der Waals surface area contributed by atoms with Crippen LogP contribution < -0.4 is 10.6 Å². The van der Waals surface area contributed by atoms with Crippen molar-refractivity contribution in [1.29, 1.82) is 0 Å². The molecule has 1 amide bonds. The lowest BCUT2D eigenvalue weighted by molar-refractivity contribution is -0.123. The van der Waals surface area contributed by atoms with Gasteiger partial charge in [-0.3, -0.25) is 4.79 Å². The maximum atomic E-state index is 12.4. The number of carbonyl (C=O) groups excluding carboxylic acids is 1. The zero-order valence-corrected chi connectivity index (χ0v) is 14.9. The van der Waals surface area contributed by atoms with E-state index in [1.165, 1.54) is 0 Å². The van der Waals surface area contributed by atoms with Gasteiger partial charge >= 0.3 is 0 Å². The summed E-state index contributed by atoms with van der Waals surface area (Å²) in [5.41, 5.74) is 1.13. The number of hydrogen-bond donors (Lipinski definition) is 3. The molecule has 0 spiro atoms. The van der Waals surface area contributed by atoms with Gasteiger partial charge in [0.15, 0.2) is 0 Å². The third-order valence-corrected chi connectivity index (χ3v) is 4.52. The monoisotopic (exact) mass is 318 g/mol. The summed E-state index contributed by atoms with van der Waals surface area (Å²) in [5, 5.41) is 16.1. The molecule has 1 aromatic carbocycles. The Balaban J connectivity index is 1.92. The predicted octanol–water partition coefficient (Wildman–Crippen LogP) is 3.52. The average Bonchev–Trinajstić information content (AvgIpc) is 2.34. The van der Waals surface area contributed by atoms with Gasteiger partial charge in [-0.25, -0.2) is 0 Å². The van der Waals surface area contributed by atoms with E-state index in [1.807, 2.05) is 19.1 Å². The minimum atomic E-state index is -0.0502. The second-order valence-electron chi connectivity index (χ2n) is 8.25. The van der Waals surface area contributed by atoms with E-state index in [9.17, 15) is 9.90 Å². The summed E-state index contributed by atoms with van der Waals surface area (Å²) >= 11 is 0. The molecule has 0 unspecified atom stereocenters. The highest BCUT2D eigenvalue weighted by atomic mass is 16.3. The van der Waals surface area contributed by atoms with Gasteiger partial charge in [0.25, 0.3) is 0 Å². The van der Waals surface area contributed by atoms with Crippen molar-refractivity contribution in [2.24, 2.45) is 5.92 Å². The number of rotatable bonds is 4. The standard InChI is InChI=1S/C19H30N2O2/c1-13(15-6-8-16(22)9-7-15)20-17(23)10-14-11-18(2,3)21-19(4,5)12-14/h6-9,13-14,21-22H,10-12H2,1-5H3,(H,20,23)/t13-/m0/s1. The van der Waals surface area contributed by atoms with Crippen molar-refractivity contribution >= 4 is 5.91 Å². The summed E-state index contributed by atoms with van der Waals surface area (Å²) in [7, 11) is 0. The van der Waals surface area contributed by atoms with Gasteiger partial charge in [-0.2, -0.15) is 0 Å². The molecule has 0 radical (unpaired) electrons. The fourth-order valence-electron chi connectivity index (χ4n) is 4.09. The summed E-state index contributed by atoms with van der Waals surface area (Å²) in [5.74, 6) is 0.740. The SMILES string of the molecule is C[C@H](NC(=O)CC1CC(C)(C)NC(C)(C)C1)c1ccc(O)cc1. The minimum Gasteiger partial charge on any atom is -0.508 e. The second-order valence-corrected chi connectivity index (χ2v) is 8.25. The molecular formula is C19H30N2O2. The maximum absolute atomic E-state index is 12.4. The van der Waals surface area contributed by atoms with Crippen molar-refractivity contribution in [3.8, 4) is 5.75 Å². The molecule has 1 atom stereocenters. The largest absolute Gasteiger partial charge is 0.508 e. The molecule has 4 heteroatoms. The van der Waals surface area contributed by atoms with E-state index in [2.05, 4.69) is 38.3 Å². The Labute approximate surface area is 139 Å². The molecule has 0 saturated carbocycles. The fraction of sp³-hybridized carbons (Fsp3) is 0.632. The summed E-state index contributed by atoms with van der Waals surface area (Å²) in [6.07, 6.45) is 2.59. The van der Waals surface area contributed by atoms with Crippen LogP contribution in [0.5, 0.6) is 5.75 Å². The van der Waals surface area contributed by atoms with Crippen LogP contribution in [0.25, 0.3) is 0 Å². The van der Waals surface area contributed by atoms with E-state index in [4.69, 9.17) is 0 Å². The molecule has 0 aromatic heterocycles. The van der Waals surface area contributed by atoms with Crippen LogP contribution in [0.3, 0.4) is 0 Å². The van der Waals surface area contributed by atoms with Gasteiger partial charge < -0.3 is 15.7 Å². The molecule has 0 aliphatic carbocycles. The average molecular weight is 318 g/mol. The first-order valence-corrected chi connectivity index (χ1v) is 8.44. The van der Waals surface area contributed by atoms with Gasteiger partial charge in [-0.05, 0) is 71.1 Å². The number of hydrogen-bond acceptors (Lipinski definition) is 3. The van der Waals surface area contributed by atoms with Crippen molar-refractivity contribution in [3.63, 3.8) is 0 Å². The molecule has 128 valence electrons. The van der Waals surface area contributed by atoms with Crippen LogP contribution in [-0.2, 0) is 4.79 Å². The lowest BCUT2D eigenvalue weighted by atomic mass is 9.74. The molecule has 1 heterocycles. The van der Waals surface area contributed by atoms with E-state index in [-0.39, 0.29) is 28.8 Å². The van der Waals surface area contributed by atoms with Crippen LogP contribution in [0.4, 0.5) is 0 Å². The summed E-state index contributed by atoms with van der Waals surface area (Å²) in [6.45, 7) is 10.8. The topological polar surface area (TPSA) is 61.4 Å². The van der Waals surface area contributed by atoms with Crippen LogP contribution in [0.15, 0.2) is 24.3 Å². The molecule has 1 aliphatic heterocycles. The number of piperidine rings is 1. The Kier molecular flexibility index (Phi) is 5.04. The fourth-order valence-corrected chi connectivity index (χ4v) is 4.09. The van der Waals surface area contributed by atoms with Crippen LogP contribution in [-0.4, -0.2) is 22.1 Å². The summed E-state index contributed by atoms with van der Waals surface area (Å²) in [6, 6.07) is 6.94. The number of benzene rings is 1. The number of amides is 1. The molecule has 3 N–H and O–H groups in total.